The van der Waals surface area contributed by atoms with Crippen LogP contribution in [0.25, 0.3) is 0 Å². The molecule has 0 aromatic heterocycles. The van der Waals surface area contributed by atoms with Crippen molar-refractivity contribution in [3.63, 3.8) is 0 Å². The molecule has 1 atom stereocenters. The zero-order valence-corrected chi connectivity index (χ0v) is 27.9. The van der Waals surface area contributed by atoms with Crippen LogP contribution in [0.15, 0.2) is 102 Å². The average molecular weight is 667 g/mol. The van der Waals surface area contributed by atoms with Crippen molar-refractivity contribution >= 4 is 50.7 Å². The van der Waals surface area contributed by atoms with Crippen LogP contribution in [0.3, 0.4) is 0 Å². The first-order chi connectivity index (χ1) is 21.5. The van der Waals surface area contributed by atoms with Crippen molar-refractivity contribution < 1.29 is 18.0 Å². The lowest BCUT2D eigenvalue weighted by Crippen LogP contribution is -2.53. The van der Waals surface area contributed by atoms with Gasteiger partial charge in [-0.15, -0.1) is 0 Å². The number of hydrogen-bond acceptors (Lipinski definition) is 4. The van der Waals surface area contributed by atoms with E-state index in [1.54, 1.807) is 36.4 Å². The van der Waals surface area contributed by atoms with Gasteiger partial charge >= 0.3 is 0 Å². The predicted octanol–water partition coefficient (Wildman–Crippen LogP) is 6.97. The summed E-state index contributed by atoms with van der Waals surface area (Å²) in [6, 6.07) is 26.6. The lowest BCUT2D eigenvalue weighted by Gasteiger charge is -2.34. The van der Waals surface area contributed by atoms with Crippen molar-refractivity contribution in [1.82, 2.24) is 10.2 Å². The van der Waals surface area contributed by atoms with E-state index in [4.69, 9.17) is 23.2 Å². The Kier molecular flexibility index (Phi) is 11.7. The van der Waals surface area contributed by atoms with Crippen molar-refractivity contribution in [1.29, 1.82) is 0 Å². The fourth-order valence-electron chi connectivity index (χ4n) is 4.85. The number of nitrogens with zero attached hydrogens (tertiary/aromatic N) is 2. The molecule has 4 aromatic rings. The minimum atomic E-state index is -4.22. The number of carbonyl (C=O) groups is 2. The molecule has 7 nitrogen and oxygen atoms in total. The number of anilines is 1. The summed E-state index contributed by atoms with van der Waals surface area (Å²) < 4.78 is 29.4. The normalized spacial score (nSPS) is 11.9. The molecule has 0 bridgehead atoms. The molecular weight excluding hydrogens is 629 g/mol. The molecule has 0 aliphatic rings. The zero-order valence-electron chi connectivity index (χ0n) is 25.5. The maximum Gasteiger partial charge on any atom is 0.264 e. The van der Waals surface area contributed by atoms with Crippen molar-refractivity contribution in [2.24, 2.45) is 0 Å². The Bertz CT molecular complexity index is 1710. The zero-order chi connectivity index (χ0) is 32.6. The third kappa shape index (κ3) is 8.87. The van der Waals surface area contributed by atoms with Gasteiger partial charge in [-0.1, -0.05) is 78.7 Å². The summed E-state index contributed by atoms with van der Waals surface area (Å²) in [4.78, 5) is 29.7. The largest absolute Gasteiger partial charge is 0.354 e. The number of amides is 2. The first-order valence-corrected chi connectivity index (χ1v) is 16.9. The van der Waals surface area contributed by atoms with E-state index in [1.807, 2.05) is 57.2 Å². The van der Waals surface area contributed by atoms with Gasteiger partial charge in [-0.3, -0.25) is 13.9 Å². The number of aryl methyl sites for hydroxylation is 2. The highest BCUT2D eigenvalue weighted by Crippen LogP contribution is 2.28. The molecule has 0 fully saturated rings. The maximum absolute atomic E-state index is 14.5. The highest BCUT2D eigenvalue weighted by atomic mass is 35.5. The predicted molar refractivity (Wildman–Crippen MR) is 181 cm³/mol. The van der Waals surface area contributed by atoms with Gasteiger partial charge in [0.2, 0.25) is 11.8 Å². The van der Waals surface area contributed by atoms with Crippen molar-refractivity contribution in [3.05, 3.63) is 129 Å². The summed E-state index contributed by atoms with van der Waals surface area (Å²) >= 11 is 12.2. The lowest BCUT2D eigenvalue weighted by molar-refractivity contribution is -0.140. The van der Waals surface area contributed by atoms with Gasteiger partial charge in [-0.25, -0.2) is 8.42 Å². The summed E-state index contributed by atoms with van der Waals surface area (Å²) in [6.07, 6.45) is 0.956. The van der Waals surface area contributed by atoms with Crippen LogP contribution in [-0.4, -0.2) is 44.3 Å². The van der Waals surface area contributed by atoms with Crippen LogP contribution in [0.1, 0.15) is 35.6 Å². The number of carbonyl (C=O) groups excluding carboxylic acids is 2. The van der Waals surface area contributed by atoms with E-state index in [0.717, 1.165) is 33.0 Å². The van der Waals surface area contributed by atoms with E-state index in [9.17, 15) is 18.0 Å². The van der Waals surface area contributed by atoms with E-state index in [-0.39, 0.29) is 23.8 Å². The summed E-state index contributed by atoms with van der Waals surface area (Å²) in [6.45, 7) is 5.73. The summed E-state index contributed by atoms with van der Waals surface area (Å²) in [5.41, 5.74) is 3.79. The standard InChI is InChI=1S/C35H37Cl2N3O4S/c1-4-20-38-35(42)33(22-27-8-6-5-7-9-27)39(23-28-11-13-29(36)14-12-28)34(41)24-40(31-17-10-25(2)26(3)21-31)45(43,44)32-18-15-30(37)16-19-32/h5-19,21,33H,4,20,22-24H2,1-3H3,(H,38,42)/t33-/m1/s1. The average Bonchev–Trinajstić information content (AvgIpc) is 3.03. The first kappa shape index (κ1) is 34.0. The molecule has 4 rings (SSSR count). The van der Waals surface area contributed by atoms with Gasteiger partial charge in [0.15, 0.2) is 0 Å². The van der Waals surface area contributed by atoms with Gasteiger partial charge in [0, 0.05) is 29.6 Å². The van der Waals surface area contributed by atoms with E-state index in [1.165, 1.54) is 29.2 Å². The molecule has 0 saturated heterocycles. The first-order valence-electron chi connectivity index (χ1n) is 14.7. The molecule has 0 radical (unpaired) electrons. The van der Waals surface area contributed by atoms with Crippen LogP contribution in [0.2, 0.25) is 10.0 Å². The Balaban J connectivity index is 1.81. The van der Waals surface area contributed by atoms with Crippen LogP contribution in [0.4, 0.5) is 5.69 Å². The smallest absolute Gasteiger partial charge is 0.264 e. The Labute approximate surface area is 275 Å². The number of benzene rings is 4. The Morgan fingerprint density at radius 3 is 2.02 bits per heavy atom. The molecule has 0 saturated carbocycles. The van der Waals surface area contributed by atoms with E-state index < -0.39 is 28.5 Å². The molecule has 0 aliphatic heterocycles. The second-order valence-corrected chi connectivity index (χ2v) is 13.6. The number of rotatable bonds is 13. The SMILES string of the molecule is CCCNC(=O)[C@@H](Cc1ccccc1)N(Cc1ccc(Cl)cc1)C(=O)CN(c1ccc(C)c(C)c1)S(=O)(=O)c1ccc(Cl)cc1. The van der Waals surface area contributed by atoms with E-state index in [0.29, 0.717) is 22.3 Å². The minimum Gasteiger partial charge on any atom is -0.354 e. The van der Waals surface area contributed by atoms with Crippen LogP contribution in [-0.2, 0) is 32.6 Å². The quantitative estimate of drug-likeness (QED) is 0.167. The molecule has 4 aromatic carbocycles. The van der Waals surface area contributed by atoms with Crippen molar-refractivity contribution in [3.8, 4) is 0 Å². The minimum absolute atomic E-state index is 0.0105. The number of sulfonamides is 1. The molecule has 1 N–H and O–H groups in total. The summed E-state index contributed by atoms with van der Waals surface area (Å²) in [7, 11) is -4.22. The Hall–Kier alpha value is -3.85. The number of halogens is 2. The molecule has 0 unspecified atom stereocenters. The van der Waals surface area contributed by atoms with Crippen LogP contribution in [0.5, 0.6) is 0 Å². The fourth-order valence-corrected chi connectivity index (χ4v) is 6.51. The van der Waals surface area contributed by atoms with Gasteiger partial charge in [0.1, 0.15) is 12.6 Å². The van der Waals surface area contributed by atoms with E-state index >= 15 is 0 Å². The number of nitrogens with one attached hydrogen (secondary N) is 1. The van der Waals surface area contributed by atoms with Gasteiger partial charge in [0.25, 0.3) is 10.0 Å². The second-order valence-electron chi connectivity index (χ2n) is 10.9. The molecule has 2 amide bonds. The fraction of sp³-hybridized carbons (Fsp3) is 0.257. The van der Waals surface area contributed by atoms with Crippen LogP contribution >= 0.6 is 23.2 Å². The highest BCUT2D eigenvalue weighted by Gasteiger charge is 2.34. The highest BCUT2D eigenvalue weighted by molar-refractivity contribution is 7.92. The molecule has 0 heterocycles. The van der Waals surface area contributed by atoms with E-state index in [2.05, 4.69) is 5.32 Å². The molecule has 0 aliphatic carbocycles. The van der Waals surface area contributed by atoms with Crippen LogP contribution < -0.4 is 9.62 Å². The molecular formula is C35H37Cl2N3O4S. The Morgan fingerprint density at radius 2 is 1.42 bits per heavy atom. The van der Waals surface area contributed by atoms with Crippen molar-refractivity contribution in [2.45, 2.75) is 51.1 Å². The molecule has 0 spiro atoms. The van der Waals surface area contributed by atoms with Gasteiger partial charge in [-0.05, 0) is 91.1 Å². The summed E-state index contributed by atoms with van der Waals surface area (Å²) in [5, 5.41) is 3.87. The molecule has 236 valence electrons. The third-order valence-corrected chi connectivity index (χ3v) is 9.84. The molecule has 45 heavy (non-hydrogen) atoms. The maximum atomic E-state index is 14.5. The second kappa shape index (κ2) is 15.4. The lowest BCUT2D eigenvalue weighted by atomic mass is 10.0. The topological polar surface area (TPSA) is 86.8 Å². The Morgan fingerprint density at radius 1 is 0.800 bits per heavy atom. The van der Waals surface area contributed by atoms with Crippen molar-refractivity contribution in [2.75, 3.05) is 17.4 Å². The number of hydrogen-bond donors (Lipinski definition) is 1. The van der Waals surface area contributed by atoms with Crippen LogP contribution in [0, 0.1) is 13.8 Å². The van der Waals surface area contributed by atoms with Gasteiger partial charge in [-0.2, -0.15) is 0 Å². The summed E-state index contributed by atoms with van der Waals surface area (Å²) in [5.74, 6) is -0.852. The molecule has 10 heteroatoms. The van der Waals surface area contributed by atoms with Gasteiger partial charge < -0.3 is 10.2 Å². The monoisotopic (exact) mass is 665 g/mol. The third-order valence-electron chi connectivity index (χ3n) is 7.55. The van der Waals surface area contributed by atoms with Gasteiger partial charge in [0.05, 0.1) is 10.6 Å².